The lowest BCUT2D eigenvalue weighted by Gasteiger charge is -2.35. The molecule has 2 fully saturated rings. The van der Waals surface area contributed by atoms with Gasteiger partial charge in [0.15, 0.2) is 5.82 Å². The molecule has 1 atom stereocenters. The number of carbonyl (C=O) groups excluding carboxylic acids is 1. The highest BCUT2D eigenvalue weighted by molar-refractivity contribution is 5.79. The van der Waals surface area contributed by atoms with E-state index in [1.807, 2.05) is 25.2 Å². The van der Waals surface area contributed by atoms with Crippen LogP contribution in [0.4, 0.5) is 5.82 Å². The van der Waals surface area contributed by atoms with Crippen LogP contribution < -0.4 is 5.32 Å². The van der Waals surface area contributed by atoms with E-state index in [1.165, 1.54) is 19.3 Å². The third kappa shape index (κ3) is 4.16. The van der Waals surface area contributed by atoms with Gasteiger partial charge < -0.3 is 10.2 Å². The van der Waals surface area contributed by atoms with Crippen molar-refractivity contribution in [3.63, 3.8) is 0 Å². The maximum atomic E-state index is 13.0. The van der Waals surface area contributed by atoms with Crippen molar-refractivity contribution in [2.45, 2.75) is 50.9 Å². The van der Waals surface area contributed by atoms with E-state index in [-0.39, 0.29) is 11.8 Å². The Morgan fingerprint density at radius 1 is 1.14 bits per heavy atom. The second kappa shape index (κ2) is 8.67. The van der Waals surface area contributed by atoms with Gasteiger partial charge >= 0.3 is 0 Å². The third-order valence-corrected chi connectivity index (χ3v) is 6.03. The van der Waals surface area contributed by atoms with Crippen LogP contribution in [0.25, 0.3) is 11.4 Å². The summed E-state index contributed by atoms with van der Waals surface area (Å²) < 4.78 is 0. The zero-order valence-electron chi connectivity index (χ0n) is 16.6. The first-order valence-corrected chi connectivity index (χ1v) is 10.5. The maximum absolute atomic E-state index is 13.0. The van der Waals surface area contributed by atoms with Crippen molar-refractivity contribution >= 4 is 11.7 Å². The lowest BCUT2D eigenvalue weighted by atomic mass is 9.86. The fourth-order valence-corrected chi connectivity index (χ4v) is 4.45. The van der Waals surface area contributed by atoms with E-state index in [4.69, 9.17) is 4.98 Å². The Hall–Kier alpha value is -2.50. The van der Waals surface area contributed by atoms with Gasteiger partial charge in [0, 0.05) is 56.0 Å². The van der Waals surface area contributed by atoms with Crippen LogP contribution in [0.15, 0.2) is 30.6 Å². The zero-order chi connectivity index (χ0) is 19.3. The molecular weight excluding hydrogens is 350 g/mol. The van der Waals surface area contributed by atoms with Crippen LogP contribution in [0, 0.1) is 5.92 Å². The van der Waals surface area contributed by atoms with Gasteiger partial charge in [-0.1, -0.05) is 19.3 Å². The molecule has 6 heteroatoms. The lowest BCUT2D eigenvalue weighted by molar-refractivity contribution is -0.137. The number of piperidine rings is 1. The van der Waals surface area contributed by atoms with Crippen LogP contribution in [0.3, 0.4) is 0 Å². The van der Waals surface area contributed by atoms with E-state index in [0.717, 1.165) is 55.8 Å². The zero-order valence-corrected chi connectivity index (χ0v) is 16.6. The summed E-state index contributed by atoms with van der Waals surface area (Å²) in [6.07, 6.45) is 11.4. The van der Waals surface area contributed by atoms with Gasteiger partial charge in [0.2, 0.25) is 5.91 Å². The average Bonchev–Trinajstić information content (AvgIpc) is 2.79. The van der Waals surface area contributed by atoms with Crippen molar-refractivity contribution in [3.05, 3.63) is 36.3 Å². The minimum atomic E-state index is 0.233. The number of amides is 1. The number of aromatic nitrogens is 3. The van der Waals surface area contributed by atoms with Gasteiger partial charge in [0.1, 0.15) is 5.82 Å². The lowest BCUT2D eigenvalue weighted by Crippen LogP contribution is -2.43. The van der Waals surface area contributed by atoms with Crippen molar-refractivity contribution in [2.75, 3.05) is 25.5 Å². The molecule has 0 spiro atoms. The normalized spacial score (nSPS) is 20.8. The molecule has 6 nitrogen and oxygen atoms in total. The van der Waals surface area contributed by atoms with Crippen molar-refractivity contribution in [2.24, 2.45) is 5.92 Å². The molecular formula is C22H29N5O. The van der Waals surface area contributed by atoms with Crippen LogP contribution in [0.5, 0.6) is 0 Å². The van der Waals surface area contributed by atoms with Crippen LogP contribution in [-0.2, 0) is 4.79 Å². The molecule has 1 aliphatic carbocycles. The van der Waals surface area contributed by atoms with E-state index in [2.05, 4.69) is 20.2 Å². The Balaban J connectivity index is 1.55. The second-order valence-electron chi connectivity index (χ2n) is 7.95. The standard InChI is InChI=1S/C22H29N5O/c1-23-20-13-19(25-21(26-20)17-9-5-11-24-14-17)18-10-6-12-27(15-18)22(28)16-7-3-2-4-8-16/h5,9,11,13-14,16,18H,2-4,6-8,10,12,15H2,1H3,(H,23,25,26)/t18-/m1/s1. The SMILES string of the molecule is CNc1cc([C@@H]2CCCN(C(=O)C3CCCCC3)C2)nc(-c2cccnc2)n1. The predicted octanol–water partition coefficient (Wildman–Crippen LogP) is 3.87. The van der Waals surface area contributed by atoms with Gasteiger partial charge in [-0.2, -0.15) is 0 Å². The predicted molar refractivity (Wildman–Crippen MR) is 110 cm³/mol. The maximum Gasteiger partial charge on any atom is 0.225 e. The quantitative estimate of drug-likeness (QED) is 0.873. The van der Waals surface area contributed by atoms with Crippen molar-refractivity contribution < 1.29 is 4.79 Å². The number of rotatable bonds is 4. The number of nitrogens with zero attached hydrogens (tertiary/aromatic N) is 4. The molecule has 0 aromatic carbocycles. The largest absolute Gasteiger partial charge is 0.373 e. The monoisotopic (exact) mass is 379 g/mol. The molecule has 0 unspecified atom stereocenters. The second-order valence-corrected chi connectivity index (χ2v) is 7.95. The summed E-state index contributed by atoms with van der Waals surface area (Å²) in [4.78, 5) is 28.8. The highest BCUT2D eigenvalue weighted by Gasteiger charge is 2.31. The van der Waals surface area contributed by atoms with Crippen LogP contribution in [0.1, 0.15) is 56.6 Å². The highest BCUT2D eigenvalue weighted by Crippen LogP contribution is 2.31. The van der Waals surface area contributed by atoms with E-state index < -0.39 is 0 Å². The first-order valence-electron chi connectivity index (χ1n) is 10.5. The molecule has 0 bridgehead atoms. The number of pyridine rings is 1. The third-order valence-electron chi connectivity index (χ3n) is 6.03. The Labute approximate surface area is 166 Å². The minimum Gasteiger partial charge on any atom is -0.373 e. The summed E-state index contributed by atoms with van der Waals surface area (Å²) in [6.45, 7) is 1.65. The van der Waals surface area contributed by atoms with Crippen molar-refractivity contribution in [3.8, 4) is 11.4 Å². The van der Waals surface area contributed by atoms with Crippen LogP contribution in [-0.4, -0.2) is 45.9 Å². The Morgan fingerprint density at radius 2 is 2.00 bits per heavy atom. The van der Waals surface area contributed by atoms with Gasteiger partial charge in [0.05, 0.1) is 5.69 Å². The molecule has 148 valence electrons. The molecule has 2 aromatic heterocycles. The first kappa shape index (κ1) is 18.8. The molecule has 3 heterocycles. The van der Waals surface area contributed by atoms with Crippen LogP contribution in [0.2, 0.25) is 0 Å². The molecule has 4 rings (SSSR count). The first-order chi connectivity index (χ1) is 13.7. The molecule has 1 saturated carbocycles. The number of carbonyl (C=O) groups is 1. The molecule has 28 heavy (non-hydrogen) atoms. The molecule has 1 N–H and O–H groups in total. The number of anilines is 1. The van der Waals surface area contributed by atoms with Gasteiger partial charge in [-0.3, -0.25) is 9.78 Å². The van der Waals surface area contributed by atoms with E-state index in [9.17, 15) is 4.79 Å². The minimum absolute atomic E-state index is 0.233. The van der Waals surface area contributed by atoms with Gasteiger partial charge in [-0.05, 0) is 37.8 Å². The summed E-state index contributed by atoms with van der Waals surface area (Å²) in [5.41, 5.74) is 1.92. The van der Waals surface area contributed by atoms with Gasteiger partial charge in [-0.15, -0.1) is 0 Å². The Kier molecular flexibility index (Phi) is 5.84. The summed E-state index contributed by atoms with van der Waals surface area (Å²) >= 11 is 0. The average molecular weight is 380 g/mol. The van der Waals surface area contributed by atoms with E-state index >= 15 is 0 Å². The highest BCUT2D eigenvalue weighted by atomic mass is 16.2. The van der Waals surface area contributed by atoms with Crippen molar-refractivity contribution in [1.29, 1.82) is 0 Å². The topological polar surface area (TPSA) is 71.0 Å². The molecule has 2 aliphatic rings. The van der Waals surface area contributed by atoms with Gasteiger partial charge in [-0.25, -0.2) is 9.97 Å². The number of hydrogen-bond acceptors (Lipinski definition) is 5. The summed E-state index contributed by atoms with van der Waals surface area (Å²) in [5.74, 6) is 2.34. The van der Waals surface area contributed by atoms with E-state index in [0.29, 0.717) is 11.7 Å². The van der Waals surface area contributed by atoms with Crippen LogP contribution >= 0.6 is 0 Å². The number of likely N-dealkylation sites (tertiary alicyclic amines) is 1. The summed E-state index contributed by atoms with van der Waals surface area (Å²) in [7, 11) is 1.87. The van der Waals surface area contributed by atoms with Crippen molar-refractivity contribution in [1.82, 2.24) is 19.9 Å². The fraction of sp³-hybridized carbons (Fsp3) is 0.545. The molecule has 2 aromatic rings. The molecule has 1 aliphatic heterocycles. The number of nitrogens with one attached hydrogen (secondary N) is 1. The summed E-state index contributed by atoms with van der Waals surface area (Å²) in [5, 5.41) is 3.15. The van der Waals surface area contributed by atoms with Gasteiger partial charge in [0.25, 0.3) is 0 Å². The fourth-order valence-electron chi connectivity index (χ4n) is 4.45. The Morgan fingerprint density at radius 3 is 2.75 bits per heavy atom. The molecule has 0 radical (unpaired) electrons. The smallest absolute Gasteiger partial charge is 0.225 e. The van der Waals surface area contributed by atoms with E-state index in [1.54, 1.807) is 12.4 Å². The molecule has 1 saturated heterocycles. The number of hydrogen-bond donors (Lipinski definition) is 1. The molecule has 1 amide bonds. The summed E-state index contributed by atoms with van der Waals surface area (Å²) in [6, 6.07) is 5.90. The Bertz CT molecular complexity index is 804.